The molecule has 1 nitrogen and oxygen atoms in total. The third kappa shape index (κ3) is 1.50. The first-order valence-electron chi connectivity index (χ1n) is 4.36. The molecule has 0 radical (unpaired) electrons. The first kappa shape index (κ1) is 9.51. The van der Waals surface area contributed by atoms with E-state index in [1.165, 1.54) is 16.9 Å². The molecule has 0 N–H and O–H groups in total. The molecule has 0 aliphatic heterocycles. The largest absolute Gasteiger partial charge is 0.192 e. The summed E-state index contributed by atoms with van der Waals surface area (Å²) < 4.78 is 1.10. The van der Waals surface area contributed by atoms with Crippen LogP contribution in [0, 0.1) is 11.3 Å². The Morgan fingerprint density at radius 2 is 2.21 bits per heavy atom. The minimum Gasteiger partial charge on any atom is -0.192 e. The van der Waals surface area contributed by atoms with Gasteiger partial charge < -0.3 is 0 Å². The second-order valence-electron chi connectivity index (χ2n) is 3.07. The van der Waals surface area contributed by atoms with Gasteiger partial charge in [-0.15, -0.1) is 11.3 Å². The van der Waals surface area contributed by atoms with Crippen molar-refractivity contribution in [1.29, 1.82) is 5.26 Å². The van der Waals surface area contributed by atoms with E-state index in [1.54, 1.807) is 0 Å². The summed E-state index contributed by atoms with van der Waals surface area (Å²) in [6.45, 7) is 2.09. The molecule has 0 amide bonds. The zero-order valence-electron chi connectivity index (χ0n) is 7.67. The first-order valence-corrected chi connectivity index (χ1v) is 5.56. The van der Waals surface area contributed by atoms with E-state index in [2.05, 4.69) is 19.1 Å². The molecular weight excluding hydrogens is 214 g/mol. The fourth-order valence-electron chi connectivity index (χ4n) is 1.41. The molecule has 0 saturated heterocycles. The molecule has 2 aromatic rings. The van der Waals surface area contributed by atoms with Gasteiger partial charge >= 0.3 is 0 Å². The van der Waals surface area contributed by atoms with Gasteiger partial charge in [0.05, 0.1) is 0 Å². The number of hydrogen-bond donors (Lipinski definition) is 0. The van der Waals surface area contributed by atoms with Crippen LogP contribution in [-0.2, 0) is 6.42 Å². The molecule has 2 rings (SSSR count). The van der Waals surface area contributed by atoms with Crippen molar-refractivity contribution >= 4 is 33.0 Å². The van der Waals surface area contributed by atoms with Crippen molar-refractivity contribution in [3.05, 3.63) is 33.7 Å². The summed E-state index contributed by atoms with van der Waals surface area (Å²) in [5.41, 5.74) is 1.22. The van der Waals surface area contributed by atoms with Gasteiger partial charge in [-0.1, -0.05) is 18.5 Å². The predicted molar refractivity (Wildman–Crippen MR) is 60.9 cm³/mol. The lowest BCUT2D eigenvalue weighted by molar-refractivity contribution is 1.15. The van der Waals surface area contributed by atoms with Crippen LogP contribution in [0.15, 0.2) is 18.2 Å². The summed E-state index contributed by atoms with van der Waals surface area (Å²) in [5.74, 6) is 0. The zero-order chi connectivity index (χ0) is 10.1. The molecule has 3 heteroatoms. The Kier molecular flexibility index (Phi) is 2.45. The smallest absolute Gasteiger partial charge is 0.110 e. The quantitative estimate of drug-likeness (QED) is 0.715. The number of nitriles is 1. The summed E-state index contributed by atoms with van der Waals surface area (Å²) in [4.78, 5) is 0.718. The van der Waals surface area contributed by atoms with E-state index in [1.807, 2.05) is 12.1 Å². The molecule has 0 saturated carbocycles. The Morgan fingerprint density at radius 1 is 1.43 bits per heavy atom. The maximum Gasteiger partial charge on any atom is 0.110 e. The standard InChI is InChI=1S/C11H8ClNS/c1-2-7-3-10(12)9-5-8(6-13)14-11(9)4-7/h3-5H,2H2,1H3. The van der Waals surface area contributed by atoms with Crippen molar-refractivity contribution < 1.29 is 0 Å². The number of hydrogen-bond acceptors (Lipinski definition) is 2. The van der Waals surface area contributed by atoms with Crippen molar-refractivity contribution in [2.75, 3.05) is 0 Å². The summed E-state index contributed by atoms with van der Waals surface area (Å²) in [5, 5.41) is 10.5. The Morgan fingerprint density at radius 3 is 2.86 bits per heavy atom. The van der Waals surface area contributed by atoms with E-state index in [-0.39, 0.29) is 0 Å². The molecule has 0 unspecified atom stereocenters. The van der Waals surface area contributed by atoms with E-state index in [0.717, 1.165) is 26.4 Å². The van der Waals surface area contributed by atoms with Crippen LogP contribution in [0.5, 0.6) is 0 Å². The Bertz CT molecular complexity index is 522. The molecule has 0 atom stereocenters. The minimum atomic E-state index is 0.718. The van der Waals surface area contributed by atoms with Gasteiger partial charge in [0.1, 0.15) is 10.9 Å². The molecule has 1 aromatic heterocycles. The van der Waals surface area contributed by atoms with Gasteiger partial charge in [-0.05, 0) is 30.2 Å². The van der Waals surface area contributed by atoms with Crippen LogP contribution >= 0.6 is 22.9 Å². The highest BCUT2D eigenvalue weighted by Crippen LogP contribution is 2.32. The van der Waals surface area contributed by atoms with Gasteiger partial charge in [0.2, 0.25) is 0 Å². The third-order valence-corrected chi connectivity index (χ3v) is 3.46. The number of nitrogens with zero attached hydrogens (tertiary/aromatic N) is 1. The molecule has 0 aliphatic rings. The highest BCUT2D eigenvalue weighted by atomic mass is 35.5. The van der Waals surface area contributed by atoms with Crippen LogP contribution in [0.1, 0.15) is 17.4 Å². The third-order valence-electron chi connectivity index (χ3n) is 2.17. The zero-order valence-corrected chi connectivity index (χ0v) is 9.25. The van der Waals surface area contributed by atoms with Crippen LogP contribution in [0.2, 0.25) is 5.02 Å². The number of aryl methyl sites for hydroxylation is 1. The molecule has 0 bridgehead atoms. The van der Waals surface area contributed by atoms with Gasteiger partial charge in [0, 0.05) is 15.1 Å². The van der Waals surface area contributed by atoms with Gasteiger partial charge in [-0.25, -0.2) is 0 Å². The van der Waals surface area contributed by atoms with Crippen LogP contribution in [0.25, 0.3) is 10.1 Å². The topological polar surface area (TPSA) is 23.8 Å². The number of benzene rings is 1. The normalized spacial score (nSPS) is 10.4. The number of rotatable bonds is 1. The van der Waals surface area contributed by atoms with Crippen molar-refractivity contribution in [2.24, 2.45) is 0 Å². The molecule has 0 aliphatic carbocycles. The van der Waals surface area contributed by atoms with E-state index in [4.69, 9.17) is 16.9 Å². The highest BCUT2D eigenvalue weighted by molar-refractivity contribution is 7.19. The average molecular weight is 222 g/mol. The molecular formula is C11H8ClNS. The van der Waals surface area contributed by atoms with E-state index >= 15 is 0 Å². The fourth-order valence-corrected chi connectivity index (χ4v) is 2.71. The summed E-state index contributed by atoms with van der Waals surface area (Å²) in [6, 6.07) is 8.06. The lowest BCUT2D eigenvalue weighted by atomic mass is 10.1. The Balaban J connectivity index is 2.75. The number of fused-ring (bicyclic) bond motifs is 1. The monoisotopic (exact) mass is 221 g/mol. The fraction of sp³-hybridized carbons (Fsp3) is 0.182. The molecule has 0 fully saturated rings. The number of thiophene rings is 1. The second kappa shape index (κ2) is 3.61. The van der Waals surface area contributed by atoms with Crippen LogP contribution in [0.4, 0.5) is 0 Å². The van der Waals surface area contributed by atoms with Crippen LogP contribution in [-0.4, -0.2) is 0 Å². The molecule has 1 aromatic carbocycles. The van der Waals surface area contributed by atoms with Crippen molar-refractivity contribution in [3.63, 3.8) is 0 Å². The molecule has 1 heterocycles. The van der Waals surface area contributed by atoms with Crippen LogP contribution < -0.4 is 0 Å². The second-order valence-corrected chi connectivity index (χ2v) is 4.56. The Hall–Kier alpha value is -1.04. The lowest BCUT2D eigenvalue weighted by Crippen LogP contribution is -1.78. The summed E-state index contributed by atoms with van der Waals surface area (Å²) in [7, 11) is 0. The Labute approximate surface area is 91.5 Å². The van der Waals surface area contributed by atoms with Gasteiger partial charge in [0.25, 0.3) is 0 Å². The van der Waals surface area contributed by atoms with Gasteiger partial charge in [0.15, 0.2) is 0 Å². The maximum absolute atomic E-state index is 8.77. The first-order chi connectivity index (χ1) is 6.74. The molecule has 0 spiro atoms. The van der Waals surface area contributed by atoms with Crippen LogP contribution in [0.3, 0.4) is 0 Å². The highest BCUT2D eigenvalue weighted by Gasteiger charge is 2.06. The summed E-state index contributed by atoms with van der Waals surface area (Å²) in [6.07, 6.45) is 0.968. The molecule has 70 valence electrons. The van der Waals surface area contributed by atoms with E-state index in [0.29, 0.717) is 0 Å². The van der Waals surface area contributed by atoms with Gasteiger partial charge in [-0.3, -0.25) is 0 Å². The average Bonchev–Trinajstić information content (AvgIpc) is 2.61. The molecule has 14 heavy (non-hydrogen) atoms. The SMILES string of the molecule is CCc1cc(Cl)c2cc(C#N)sc2c1. The summed E-state index contributed by atoms with van der Waals surface area (Å²) >= 11 is 7.60. The van der Waals surface area contributed by atoms with E-state index < -0.39 is 0 Å². The van der Waals surface area contributed by atoms with Crippen molar-refractivity contribution in [3.8, 4) is 6.07 Å². The maximum atomic E-state index is 8.77. The van der Waals surface area contributed by atoms with Crippen molar-refractivity contribution in [2.45, 2.75) is 13.3 Å². The number of halogens is 1. The lowest BCUT2D eigenvalue weighted by Gasteiger charge is -1.98. The van der Waals surface area contributed by atoms with Gasteiger partial charge in [-0.2, -0.15) is 5.26 Å². The minimum absolute atomic E-state index is 0.718. The van der Waals surface area contributed by atoms with Crippen molar-refractivity contribution in [1.82, 2.24) is 0 Å². The predicted octanol–water partition coefficient (Wildman–Crippen LogP) is 3.99. The van der Waals surface area contributed by atoms with E-state index in [9.17, 15) is 0 Å².